The summed E-state index contributed by atoms with van der Waals surface area (Å²) >= 11 is 0. The van der Waals surface area contributed by atoms with Crippen molar-refractivity contribution < 1.29 is 9.90 Å². The molecule has 0 bridgehead atoms. The third kappa shape index (κ3) is 2.64. The van der Waals surface area contributed by atoms with Crippen LogP contribution in [0.2, 0.25) is 0 Å². The molecule has 3 heteroatoms. The lowest BCUT2D eigenvalue weighted by atomic mass is 10.0. The fourth-order valence-corrected chi connectivity index (χ4v) is 2.91. The van der Waals surface area contributed by atoms with Gasteiger partial charge in [-0.2, -0.15) is 0 Å². The molecule has 1 amide bonds. The van der Waals surface area contributed by atoms with Crippen molar-refractivity contribution in [3.05, 3.63) is 58.7 Å². The molecule has 1 aliphatic carbocycles. The number of hydrogen-bond acceptors (Lipinski definition) is 2. The summed E-state index contributed by atoms with van der Waals surface area (Å²) in [5.74, 6) is 0.314. The number of phenols is 1. The minimum Gasteiger partial charge on any atom is -0.508 e. The monoisotopic (exact) mass is 281 g/mol. The smallest absolute Gasteiger partial charge is 0.228 e. The van der Waals surface area contributed by atoms with Crippen LogP contribution in [-0.2, 0) is 17.6 Å². The summed E-state index contributed by atoms with van der Waals surface area (Å²) in [6.07, 6.45) is 1.61. The molecule has 0 spiro atoms. The predicted octanol–water partition coefficient (Wildman–Crippen LogP) is 3.36. The molecule has 0 aromatic heterocycles. The average Bonchev–Trinajstić information content (AvgIpc) is 2.88. The molecule has 3 rings (SSSR count). The molecule has 2 aromatic carbocycles. The lowest BCUT2D eigenvalue weighted by Gasteiger charge is -2.14. The second-order valence-corrected chi connectivity index (χ2v) is 5.82. The molecular formula is C18H19NO2. The van der Waals surface area contributed by atoms with Crippen LogP contribution in [0.4, 0.5) is 5.69 Å². The number of aryl methyl sites for hydroxylation is 2. The van der Waals surface area contributed by atoms with Crippen LogP contribution in [0.5, 0.6) is 5.75 Å². The normalized spacial score (nSPS) is 14.0. The van der Waals surface area contributed by atoms with Gasteiger partial charge in [-0.05, 0) is 61.1 Å². The van der Waals surface area contributed by atoms with E-state index in [0.717, 1.165) is 29.7 Å². The summed E-state index contributed by atoms with van der Waals surface area (Å²) in [6, 6.07) is 11.7. The molecule has 0 fully saturated rings. The topological polar surface area (TPSA) is 49.3 Å². The molecule has 0 heterocycles. The highest BCUT2D eigenvalue weighted by Crippen LogP contribution is 2.29. The zero-order valence-corrected chi connectivity index (χ0v) is 12.3. The van der Waals surface area contributed by atoms with Crippen molar-refractivity contribution >= 4 is 11.6 Å². The van der Waals surface area contributed by atoms with E-state index >= 15 is 0 Å². The number of aromatic hydroxyl groups is 1. The summed E-state index contributed by atoms with van der Waals surface area (Å²) in [5, 5.41) is 12.7. The fraction of sp³-hybridized carbons (Fsp3) is 0.278. The van der Waals surface area contributed by atoms with Crippen LogP contribution in [-0.4, -0.2) is 11.0 Å². The number of rotatable bonds is 2. The van der Waals surface area contributed by atoms with Crippen LogP contribution < -0.4 is 5.32 Å². The Kier molecular flexibility index (Phi) is 3.42. The molecular weight excluding hydrogens is 262 g/mol. The predicted molar refractivity (Wildman–Crippen MR) is 83.6 cm³/mol. The molecule has 0 atom stereocenters. The van der Waals surface area contributed by atoms with Gasteiger partial charge in [0.1, 0.15) is 5.75 Å². The Morgan fingerprint density at radius 2 is 1.71 bits per heavy atom. The van der Waals surface area contributed by atoms with Crippen molar-refractivity contribution in [3.63, 3.8) is 0 Å². The number of carbonyl (C=O) groups is 1. The van der Waals surface area contributed by atoms with Gasteiger partial charge < -0.3 is 10.4 Å². The van der Waals surface area contributed by atoms with Crippen molar-refractivity contribution in [2.75, 3.05) is 5.32 Å². The zero-order chi connectivity index (χ0) is 15.0. The third-order valence-electron chi connectivity index (χ3n) is 4.22. The number of fused-ring (bicyclic) bond motifs is 1. The van der Waals surface area contributed by atoms with E-state index < -0.39 is 0 Å². The molecule has 1 aliphatic rings. The Hall–Kier alpha value is -2.29. The quantitative estimate of drug-likeness (QED) is 0.829. The maximum atomic E-state index is 12.5. The third-order valence-corrected chi connectivity index (χ3v) is 4.22. The minimum absolute atomic E-state index is 0.00379. The largest absolute Gasteiger partial charge is 0.508 e. The van der Waals surface area contributed by atoms with Crippen molar-refractivity contribution in [3.8, 4) is 5.75 Å². The van der Waals surface area contributed by atoms with Gasteiger partial charge in [0.15, 0.2) is 0 Å². The molecule has 21 heavy (non-hydrogen) atoms. The van der Waals surface area contributed by atoms with Gasteiger partial charge in [-0.1, -0.05) is 24.3 Å². The molecule has 0 unspecified atom stereocenters. The van der Waals surface area contributed by atoms with E-state index in [0.29, 0.717) is 0 Å². The molecule has 0 saturated carbocycles. The highest BCUT2D eigenvalue weighted by molar-refractivity contribution is 5.94. The maximum Gasteiger partial charge on any atom is 0.228 e. The molecule has 108 valence electrons. The first-order valence-corrected chi connectivity index (χ1v) is 7.22. The SMILES string of the molecule is Cc1cc(NC(=O)C2Cc3ccccc3C2)c(C)cc1O. The van der Waals surface area contributed by atoms with E-state index in [1.54, 1.807) is 6.07 Å². The van der Waals surface area contributed by atoms with Crippen molar-refractivity contribution in [2.45, 2.75) is 26.7 Å². The van der Waals surface area contributed by atoms with Crippen molar-refractivity contribution in [2.24, 2.45) is 5.92 Å². The first-order valence-electron chi connectivity index (χ1n) is 7.22. The Balaban J connectivity index is 1.75. The number of amides is 1. The highest BCUT2D eigenvalue weighted by atomic mass is 16.3. The van der Waals surface area contributed by atoms with Crippen molar-refractivity contribution in [1.82, 2.24) is 0 Å². The molecule has 0 radical (unpaired) electrons. The van der Waals surface area contributed by atoms with Gasteiger partial charge >= 0.3 is 0 Å². The lowest BCUT2D eigenvalue weighted by Crippen LogP contribution is -2.23. The van der Waals surface area contributed by atoms with E-state index in [4.69, 9.17) is 0 Å². The summed E-state index contributed by atoms with van der Waals surface area (Å²) in [4.78, 5) is 12.5. The van der Waals surface area contributed by atoms with Gasteiger partial charge in [-0.25, -0.2) is 0 Å². The average molecular weight is 281 g/mol. The summed E-state index contributed by atoms with van der Waals surface area (Å²) in [7, 11) is 0. The van der Waals surface area contributed by atoms with E-state index in [9.17, 15) is 9.90 Å². The van der Waals surface area contributed by atoms with Crippen LogP contribution in [0.1, 0.15) is 22.3 Å². The van der Waals surface area contributed by atoms with Crippen LogP contribution in [0.3, 0.4) is 0 Å². The van der Waals surface area contributed by atoms with Gasteiger partial charge in [-0.3, -0.25) is 4.79 Å². The van der Waals surface area contributed by atoms with Gasteiger partial charge in [-0.15, -0.1) is 0 Å². The zero-order valence-electron chi connectivity index (χ0n) is 12.3. The van der Waals surface area contributed by atoms with Gasteiger partial charge in [0.25, 0.3) is 0 Å². The Labute approximate surface area is 124 Å². The summed E-state index contributed by atoms with van der Waals surface area (Å²) in [6.45, 7) is 3.72. The molecule has 3 nitrogen and oxygen atoms in total. The number of carbonyl (C=O) groups excluding carboxylic acids is 1. The van der Waals surface area contributed by atoms with E-state index in [-0.39, 0.29) is 17.6 Å². The van der Waals surface area contributed by atoms with Gasteiger partial charge in [0.05, 0.1) is 0 Å². The molecule has 2 N–H and O–H groups in total. The second-order valence-electron chi connectivity index (χ2n) is 5.82. The first-order chi connectivity index (χ1) is 10.0. The van der Waals surface area contributed by atoms with E-state index in [1.165, 1.54) is 11.1 Å². The fourth-order valence-electron chi connectivity index (χ4n) is 2.91. The Bertz CT molecular complexity index is 681. The number of hydrogen-bond donors (Lipinski definition) is 2. The maximum absolute atomic E-state index is 12.5. The number of anilines is 1. The summed E-state index contributed by atoms with van der Waals surface area (Å²) < 4.78 is 0. The van der Waals surface area contributed by atoms with E-state index in [1.807, 2.05) is 32.0 Å². The van der Waals surface area contributed by atoms with Crippen LogP contribution >= 0.6 is 0 Å². The van der Waals surface area contributed by atoms with E-state index in [2.05, 4.69) is 17.4 Å². The summed E-state index contributed by atoms with van der Waals surface area (Å²) in [5.41, 5.74) is 4.98. The van der Waals surface area contributed by atoms with Crippen LogP contribution in [0.15, 0.2) is 36.4 Å². The van der Waals surface area contributed by atoms with Gasteiger partial charge in [0.2, 0.25) is 5.91 Å². The molecule has 0 saturated heterocycles. The minimum atomic E-state index is -0.00379. The van der Waals surface area contributed by atoms with Crippen LogP contribution in [0, 0.1) is 19.8 Å². The number of phenolic OH excluding ortho intramolecular Hbond substituents is 1. The Morgan fingerprint density at radius 1 is 1.10 bits per heavy atom. The molecule has 2 aromatic rings. The molecule has 0 aliphatic heterocycles. The van der Waals surface area contributed by atoms with Crippen molar-refractivity contribution in [1.29, 1.82) is 0 Å². The number of nitrogens with one attached hydrogen (secondary N) is 1. The van der Waals surface area contributed by atoms with Crippen LogP contribution in [0.25, 0.3) is 0 Å². The standard InChI is InChI=1S/C18H19NO2/c1-11-8-17(20)12(2)7-16(11)19-18(21)15-9-13-5-3-4-6-14(13)10-15/h3-8,15,20H,9-10H2,1-2H3,(H,19,21). The lowest BCUT2D eigenvalue weighted by molar-refractivity contribution is -0.119. The first kappa shape index (κ1) is 13.7. The number of benzene rings is 2. The second kappa shape index (κ2) is 5.24. The Morgan fingerprint density at radius 3 is 2.33 bits per heavy atom. The highest BCUT2D eigenvalue weighted by Gasteiger charge is 2.27. The van der Waals surface area contributed by atoms with Gasteiger partial charge in [0, 0.05) is 11.6 Å².